The first-order valence-electron chi connectivity index (χ1n) is 11.3. The van der Waals surface area contributed by atoms with Gasteiger partial charge in [0.05, 0.1) is 17.8 Å². The van der Waals surface area contributed by atoms with Crippen LogP contribution < -0.4 is 9.21 Å². The molecule has 8 nitrogen and oxygen atoms in total. The predicted octanol–water partition coefficient (Wildman–Crippen LogP) is 4.19. The van der Waals surface area contributed by atoms with Crippen molar-refractivity contribution in [2.24, 2.45) is 0 Å². The Balaban J connectivity index is 1.90. The molecule has 1 aliphatic heterocycles. The quantitative estimate of drug-likeness (QED) is 0.384. The summed E-state index contributed by atoms with van der Waals surface area (Å²) in [5.74, 6) is 1.14. The number of sulfonamides is 1. The van der Waals surface area contributed by atoms with Gasteiger partial charge in [-0.3, -0.25) is 4.31 Å². The monoisotopic (exact) mass is 516 g/mol. The van der Waals surface area contributed by atoms with E-state index < -0.39 is 16.0 Å². The Bertz CT molecular complexity index is 1240. The molecule has 0 saturated carbocycles. The average molecular weight is 517 g/mol. The van der Waals surface area contributed by atoms with Crippen molar-refractivity contribution in [3.63, 3.8) is 0 Å². The summed E-state index contributed by atoms with van der Waals surface area (Å²) in [5.41, 5.74) is 2.89. The number of hydrogen-bond acceptors (Lipinski definition) is 7. The van der Waals surface area contributed by atoms with Gasteiger partial charge >= 0.3 is 0 Å². The van der Waals surface area contributed by atoms with Crippen LogP contribution in [0.1, 0.15) is 30.0 Å². The minimum atomic E-state index is -3.98. The average Bonchev–Trinajstić information content (AvgIpc) is 3.10. The molecule has 2 heterocycles. The molecule has 11 heteroatoms. The molecule has 1 aromatic heterocycles. The van der Waals surface area contributed by atoms with Crippen LogP contribution in [0.3, 0.4) is 0 Å². The first-order valence-corrected chi connectivity index (χ1v) is 13.9. The fourth-order valence-corrected chi connectivity index (χ4v) is 5.48. The number of benzene rings is 1. The molecule has 0 N–H and O–H groups in total. The summed E-state index contributed by atoms with van der Waals surface area (Å²) in [6.45, 7) is 13.2. The summed E-state index contributed by atoms with van der Waals surface area (Å²) in [5, 5.41) is 10.5. The van der Waals surface area contributed by atoms with Crippen LogP contribution in [0.25, 0.3) is 4.85 Å². The Morgan fingerprint density at radius 2 is 1.97 bits per heavy atom. The van der Waals surface area contributed by atoms with E-state index in [0.29, 0.717) is 40.0 Å². The molecule has 0 bridgehead atoms. The summed E-state index contributed by atoms with van der Waals surface area (Å²) >= 11 is 1.42. The number of thioether (sulfide) groups is 1. The van der Waals surface area contributed by atoms with E-state index in [9.17, 15) is 18.1 Å². The molecule has 35 heavy (non-hydrogen) atoms. The molecule has 0 radical (unpaired) electrons. The Kier molecular flexibility index (Phi) is 8.95. The van der Waals surface area contributed by atoms with Gasteiger partial charge in [0.1, 0.15) is 16.9 Å². The molecule has 186 valence electrons. The lowest BCUT2D eigenvalue weighted by atomic mass is 10.1. The fourth-order valence-electron chi connectivity index (χ4n) is 3.94. The number of aromatic nitrogens is 1. The highest BCUT2D eigenvalue weighted by molar-refractivity contribution is 7.98. The van der Waals surface area contributed by atoms with Gasteiger partial charge in [-0.15, -0.1) is 11.8 Å². The second-order valence-corrected chi connectivity index (χ2v) is 11.2. The van der Waals surface area contributed by atoms with E-state index in [2.05, 4.69) is 27.8 Å². The SMILES string of the molecule is [C-]#[N+]c1c(N2CCCN(C)CC2)nc(SCc2ccc(N(C)S(=O)(=O)CF)cc2)c(C#N)c1CC. The maximum absolute atomic E-state index is 12.8. The number of halogens is 1. The zero-order valence-corrected chi connectivity index (χ0v) is 21.8. The van der Waals surface area contributed by atoms with Crippen molar-refractivity contribution in [2.45, 2.75) is 30.5 Å². The van der Waals surface area contributed by atoms with Gasteiger partial charge in [-0.2, -0.15) is 5.26 Å². The van der Waals surface area contributed by atoms with Crippen molar-refractivity contribution in [3.8, 4) is 6.07 Å². The molecule has 1 aliphatic rings. The van der Waals surface area contributed by atoms with Crippen molar-refractivity contribution in [1.82, 2.24) is 9.88 Å². The topological polar surface area (TPSA) is 84.9 Å². The van der Waals surface area contributed by atoms with Gasteiger partial charge in [-0.1, -0.05) is 19.1 Å². The number of alkyl halides is 1. The van der Waals surface area contributed by atoms with Gasteiger partial charge in [-0.25, -0.2) is 22.6 Å². The van der Waals surface area contributed by atoms with Crippen LogP contribution in [0.2, 0.25) is 0 Å². The smallest absolute Gasteiger partial charge is 0.264 e. The molecular formula is C24H29FN6O2S2. The standard InChI is InChI=1S/C24H29FN6O2S2/c1-5-20-21(15-26)24(28-23(22(20)27-2)31-12-6-11-29(3)13-14-31)34-16-18-7-9-19(10-8-18)30(4)35(32,33)17-25/h7-10H,5-6,11-14,16-17H2,1,3-4H3. The van der Waals surface area contributed by atoms with E-state index in [1.165, 1.54) is 18.8 Å². The van der Waals surface area contributed by atoms with Crippen LogP contribution in [-0.4, -0.2) is 64.6 Å². The second-order valence-electron chi connectivity index (χ2n) is 8.31. The molecule has 2 aromatic rings. The van der Waals surface area contributed by atoms with Crippen LogP contribution in [0, 0.1) is 17.9 Å². The highest BCUT2D eigenvalue weighted by Gasteiger charge is 2.24. The molecule has 1 saturated heterocycles. The van der Waals surface area contributed by atoms with Crippen LogP contribution in [-0.2, 0) is 22.2 Å². The van der Waals surface area contributed by atoms with Crippen molar-refractivity contribution >= 4 is 39.0 Å². The Morgan fingerprint density at radius 3 is 2.57 bits per heavy atom. The first-order chi connectivity index (χ1) is 16.7. The lowest BCUT2D eigenvalue weighted by molar-refractivity contribution is 0.360. The molecule has 0 aliphatic carbocycles. The van der Waals surface area contributed by atoms with Crippen molar-refractivity contribution in [1.29, 1.82) is 5.26 Å². The van der Waals surface area contributed by atoms with Crippen LogP contribution in [0.4, 0.5) is 21.6 Å². The zero-order valence-electron chi connectivity index (χ0n) is 20.2. The van der Waals surface area contributed by atoms with Gasteiger partial charge in [0.25, 0.3) is 10.0 Å². The minimum absolute atomic E-state index is 0.371. The van der Waals surface area contributed by atoms with Gasteiger partial charge in [-0.05, 0) is 49.7 Å². The van der Waals surface area contributed by atoms with Gasteiger partial charge in [0.2, 0.25) is 11.7 Å². The molecule has 0 atom stereocenters. The summed E-state index contributed by atoms with van der Waals surface area (Å²) in [6, 6.07) is 7.61. The van der Waals surface area contributed by atoms with Gasteiger partial charge < -0.3 is 9.80 Å². The maximum Gasteiger partial charge on any atom is 0.264 e. The summed E-state index contributed by atoms with van der Waals surface area (Å²) in [4.78, 5) is 13.0. The maximum atomic E-state index is 12.8. The van der Waals surface area contributed by atoms with Crippen LogP contribution >= 0.6 is 11.8 Å². The Hall–Kier alpha value is -2.86. The van der Waals surface area contributed by atoms with Gasteiger partial charge in [0, 0.05) is 32.4 Å². The minimum Gasteiger partial charge on any atom is -0.364 e. The largest absolute Gasteiger partial charge is 0.364 e. The lowest BCUT2D eigenvalue weighted by Crippen LogP contribution is -2.29. The third-order valence-corrected chi connectivity index (χ3v) is 8.42. The summed E-state index contributed by atoms with van der Waals surface area (Å²) in [6.07, 6.45) is 1.53. The predicted molar refractivity (Wildman–Crippen MR) is 138 cm³/mol. The number of likely N-dealkylation sites (N-methyl/N-ethyl adjacent to an activating group) is 1. The normalized spacial score (nSPS) is 14.7. The first kappa shape index (κ1) is 26.7. The number of pyridine rings is 1. The molecule has 0 unspecified atom stereocenters. The van der Waals surface area contributed by atoms with E-state index in [-0.39, 0.29) is 0 Å². The number of rotatable bonds is 8. The molecule has 3 rings (SSSR count). The van der Waals surface area contributed by atoms with Crippen LogP contribution in [0.15, 0.2) is 29.3 Å². The molecule has 1 fully saturated rings. The highest BCUT2D eigenvalue weighted by atomic mass is 32.2. The highest BCUT2D eigenvalue weighted by Crippen LogP contribution is 2.39. The molecule has 0 amide bonds. The van der Waals surface area contributed by atoms with Crippen molar-refractivity contribution < 1.29 is 12.8 Å². The van der Waals surface area contributed by atoms with Gasteiger partial charge in [0.15, 0.2) is 0 Å². The van der Waals surface area contributed by atoms with E-state index >= 15 is 0 Å². The zero-order chi connectivity index (χ0) is 25.6. The number of nitrogens with zero attached hydrogens (tertiary/aromatic N) is 6. The second kappa shape index (κ2) is 11.7. The third-order valence-electron chi connectivity index (χ3n) is 6.05. The lowest BCUT2D eigenvalue weighted by Gasteiger charge is -2.25. The fraction of sp³-hybridized carbons (Fsp3) is 0.458. The van der Waals surface area contributed by atoms with Crippen LogP contribution in [0.5, 0.6) is 0 Å². The molecule has 0 spiro atoms. The van der Waals surface area contributed by atoms with E-state index in [1.54, 1.807) is 24.3 Å². The van der Waals surface area contributed by atoms with Crippen molar-refractivity contribution in [3.05, 3.63) is 52.4 Å². The molecule has 1 aromatic carbocycles. The Labute approximate surface area is 211 Å². The number of nitriles is 1. The number of anilines is 2. The number of hydrogen-bond donors (Lipinski definition) is 0. The van der Waals surface area contributed by atoms with E-state index in [0.717, 1.165) is 48.0 Å². The summed E-state index contributed by atoms with van der Waals surface area (Å²) in [7, 11) is -0.583. The summed E-state index contributed by atoms with van der Waals surface area (Å²) < 4.78 is 37.2. The van der Waals surface area contributed by atoms with Crippen molar-refractivity contribution in [2.75, 3.05) is 55.5 Å². The molecular weight excluding hydrogens is 487 g/mol. The third kappa shape index (κ3) is 6.04. The van der Waals surface area contributed by atoms with E-state index in [1.807, 2.05) is 6.92 Å². The Morgan fingerprint density at radius 1 is 1.26 bits per heavy atom. The van der Waals surface area contributed by atoms with E-state index in [4.69, 9.17) is 11.6 Å².